The summed E-state index contributed by atoms with van der Waals surface area (Å²) in [6, 6.07) is 4.77. The van der Waals surface area contributed by atoms with Crippen LogP contribution in [-0.4, -0.2) is 17.7 Å². The van der Waals surface area contributed by atoms with E-state index in [0.717, 1.165) is 0 Å². The largest absolute Gasteiger partial charge is 0.369 e. The number of hydrogen-bond acceptors (Lipinski definition) is 3. The molecule has 2 rings (SSSR count). The second-order valence-electron chi connectivity index (χ2n) is 3.27. The number of carbonyl (C=O) groups excluding carboxylic acids is 3. The van der Waals surface area contributed by atoms with Gasteiger partial charge in [-0.25, -0.2) is 0 Å². The van der Waals surface area contributed by atoms with Gasteiger partial charge in [-0.2, -0.15) is 0 Å². The standard InChI is InChI=1S/C10H8N2O3/c11-7(13)4-5-2-1-3-6-8(5)10(15)12-9(6)14/h1-3H,4H2,(H2,11,13)(H,12,14,15). The highest BCUT2D eigenvalue weighted by atomic mass is 16.2. The molecule has 0 spiro atoms. The normalized spacial score (nSPS) is 13.6. The lowest BCUT2D eigenvalue weighted by atomic mass is 10.0. The molecule has 0 saturated carbocycles. The van der Waals surface area contributed by atoms with Crippen LogP contribution in [0.4, 0.5) is 0 Å². The Kier molecular flexibility index (Phi) is 2.00. The molecule has 76 valence electrons. The average Bonchev–Trinajstić information content (AvgIpc) is 2.43. The summed E-state index contributed by atoms with van der Waals surface area (Å²) >= 11 is 0. The van der Waals surface area contributed by atoms with E-state index >= 15 is 0 Å². The second-order valence-corrected chi connectivity index (χ2v) is 3.27. The number of primary amides is 1. The quantitative estimate of drug-likeness (QED) is 0.642. The van der Waals surface area contributed by atoms with Crippen molar-refractivity contribution in [3.05, 3.63) is 34.9 Å². The van der Waals surface area contributed by atoms with Crippen LogP contribution in [0.3, 0.4) is 0 Å². The maximum absolute atomic E-state index is 11.4. The predicted octanol–water partition coefficient (Wildman–Crippen LogP) is -0.402. The van der Waals surface area contributed by atoms with E-state index in [9.17, 15) is 14.4 Å². The number of amides is 3. The first-order valence-electron chi connectivity index (χ1n) is 4.35. The number of rotatable bonds is 2. The molecule has 1 aromatic rings. The van der Waals surface area contributed by atoms with E-state index in [1.165, 1.54) is 0 Å². The third-order valence-electron chi connectivity index (χ3n) is 2.21. The maximum Gasteiger partial charge on any atom is 0.259 e. The van der Waals surface area contributed by atoms with Gasteiger partial charge in [0, 0.05) is 0 Å². The molecule has 15 heavy (non-hydrogen) atoms. The number of nitrogens with two attached hydrogens (primary N) is 1. The average molecular weight is 204 g/mol. The van der Waals surface area contributed by atoms with Crippen LogP contribution in [0.1, 0.15) is 26.3 Å². The Hall–Kier alpha value is -2.17. The molecule has 5 nitrogen and oxygen atoms in total. The van der Waals surface area contributed by atoms with Gasteiger partial charge in [0.15, 0.2) is 0 Å². The number of nitrogens with one attached hydrogen (secondary N) is 1. The minimum absolute atomic E-state index is 0.0378. The molecule has 5 heteroatoms. The Bertz CT molecular complexity index is 480. The topological polar surface area (TPSA) is 89.3 Å². The van der Waals surface area contributed by atoms with E-state index in [0.29, 0.717) is 11.1 Å². The summed E-state index contributed by atoms with van der Waals surface area (Å²) in [5.74, 6) is -1.43. The fourth-order valence-corrected chi connectivity index (χ4v) is 1.63. The molecule has 0 saturated heterocycles. The van der Waals surface area contributed by atoms with Crippen molar-refractivity contribution < 1.29 is 14.4 Å². The van der Waals surface area contributed by atoms with Gasteiger partial charge in [-0.15, -0.1) is 0 Å². The van der Waals surface area contributed by atoms with Crippen molar-refractivity contribution in [3.63, 3.8) is 0 Å². The summed E-state index contributed by atoms with van der Waals surface area (Å²) in [7, 11) is 0. The minimum Gasteiger partial charge on any atom is -0.369 e. The fraction of sp³-hybridized carbons (Fsp3) is 0.100. The van der Waals surface area contributed by atoms with Crippen LogP contribution in [0.5, 0.6) is 0 Å². The molecule has 3 amide bonds. The van der Waals surface area contributed by atoms with Crippen LogP contribution in [0.15, 0.2) is 18.2 Å². The van der Waals surface area contributed by atoms with E-state index in [1.54, 1.807) is 18.2 Å². The number of fused-ring (bicyclic) bond motifs is 1. The van der Waals surface area contributed by atoms with Gasteiger partial charge in [0.2, 0.25) is 5.91 Å². The molecule has 0 fully saturated rings. The van der Waals surface area contributed by atoms with Gasteiger partial charge in [-0.1, -0.05) is 12.1 Å². The van der Waals surface area contributed by atoms with Crippen molar-refractivity contribution in [3.8, 4) is 0 Å². The third-order valence-corrected chi connectivity index (χ3v) is 2.21. The first-order valence-corrected chi connectivity index (χ1v) is 4.35. The molecule has 1 aliphatic rings. The molecule has 3 N–H and O–H groups in total. The van der Waals surface area contributed by atoms with Crippen molar-refractivity contribution in [1.82, 2.24) is 5.32 Å². The van der Waals surface area contributed by atoms with Crippen molar-refractivity contribution in [2.45, 2.75) is 6.42 Å². The van der Waals surface area contributed by atoms with Gasteiger partial charge in [0.25, 0.3) is 11.8 Å². The first-order chi connectivity index (χ1) is 7.09. The van der Waals surface area contributed by atoms with E-state index in [2.05, 4.69) is 5.32 Å². The zero-order valence-electron chi connectivity index (χ0n) is 7.74. The van der Waals surface area contributed by atoms with Crippen molar-refractivity contribution in [2.75, 3.05) is 0 Å². The van der Waals surface area contributed by atoms with Crippen molar-refractivity contribution >= 4 is 17.7 Å². The highest BCUT2D eigenvalue weighted by Gasteiger charge is 2.29. The van der Waals surface area contributed by atoms with E-state index in [1.807, 2.05) is 0 Å². The lowest BCUT2D eigenvalue weighted by molar-refractivity contribution is -0.117. The van der Waals surface area contributed by atoms with Crippen molar-refractivity contribution in [2.24, 2.45) is 5.73 Å². The lowest BCUT2D eigenvalue weighted by Crippen LogP contribution is -2.21. The highest BCUT2D eigenvalue weighted by molar-refractivity contribution is 6.22. The van der Waals surface area contributed by atoms with Gasteiger partial charge in [-0.3, -0.25) is 19.7 Å². The Morgan fingerprint density at radius 2 is 2.00 bits per heavy atom. The number of hydrogen-bond donors (Lipinski definition) is 2. The highest BCUT2D eigenvalue weighted by Crippen LogP contribution is 2.20. The predicted molar refractivity (Wildman–Crippen MR) is 51.1 cm³/mol. The minimum atomic E-state index is -0.532. The van der Waals surface area contributed by atoms with Gasteiger partial charge >= 0.3 is 0 Å². The molecule has 0 aliphatic carbocycles. The number of imide groups is 1. The first kappa shape index (κ1) is 9.39. The summed E-state index contributed by atoms with van der Waals surface area (Å²) in [4.78, 5) is 33.4. The van der Waals surface area contributed by atoms with Gasteiger partial charge in [0.1, 0.15) is 0 Å². The summed E-state index contributed by atoms with van der Waals surface area (Å²) in [6.45, 7) is 0. The van der Waals surface area contributed by atoms with E-state index in [-0.39, 0.29) is 12.0 Å². The van der Waals surface area contributed by atoms with Gasteiger partial charge < -0.3 is 5.73 Å². The van der Waals surface area contributed by atoms with Crippen LogP contribution in [0.25, 0.3) is 0 Å². The smallest absolute Gasteiger partial charge is 0.259 e. The second kappa shape index (κ2) is 3.20. The Morgan fingerprint density at radius 1 is 1.27 bits per heavy atom. The summed E-state index contributed by atoms with van der Waals surface area (Å²) in [5.41, 5.74) is 6.10. The molecule has 0 bridgehead atoms. The molecule has 0 radical (unpaired) electrons. The van der Waals surface area contributed by atoms with Gasteiger partial charge in [0.05, 0.1) is 17.5 Å². The van der Waals surface area contributed by atoms with Gasteiger partial charge in [-0.05, 0) is 11.6 Å². The Labute approximate surface area is 85.3 Å². The molecular weight excluding hydrogens is 196 g/mol. The molecule has 1 aromatic carbocycles. The lowest BCUT2D eigenvalue weighted by Gasteiger charge is -2.02. The SMILES string of the molecule is NC(=O)Cc1cccc2c1C(=O)NC2=O. The fourth-order valence-electron chi connectivity index (χ4n) is 1.63. The van der Waals surface area contributed by atoms with Crippen molar-refractivity contribution in [1.29, 1.82) is 0 Å². The number of benzene rings is 1. The van der Waals surface area contributed by atoms with Crippen LogP contribution < -0.4 is 11.1 Å². The molecule has 0 aromatic heterocycles. The zero-order valence-corrected chi connectivity index (χ0v) is 7.74. The van der Waals surface area contributed by atoms with E-state index < -0.39 is 17.7 Å². The third kappa shape index (κ3) is 1.48. The number of carbonyl (C=O) groups is 3. The van der Waals surface area contributed by atoms with E-state index in [4.69, 9.17) is 5.73 Å². The molecule has 1 heterocycles. The summed E-state index contributed by atoms with van der Waals surface area (Å²) < 4.78 is 0. The molecule has 0 atom stereocenters. The Morgan fingerprint density at radius 3 is 2.67 bits per heavy atom. The Balaban J connectivity index is 2.55. The maximum atomic E-state index is 11.4. The molecule has 1 aliphatic heterocycles. The van der Waals surface area contributed by atoms with Crippen LogP contribution in [0.2, 0.25) is 0 Å². The zero-order chi connectivity index (χ0) is 11.0. The van der Waals surface area contributed by atoms with Crippen LogP contribution in [0, 0.1) is 0 Å². The molecular formula is C10H8N2O3. The summed E-state index contributed by atoms with van der Waals surface area (Å²) in [6.07, 6.45) is -0.0378. The van der Waals surface area contributed by atoms with Crippen LogP contribution in [-0.2, 0) is 11.2 Å². The summed E-state index contributed by atoms with van der Waals surface area (Å²) in [5, 5.41) is 2.17. The monoisotopic (exact) mass is 204 g/mol. The molecule has 0 unspecified atom stereocenters. The van der Waals surface area contributed by atoms with Crippen LogP contribution >= 0.6 is 0 Å².